The average Bonchev–Trinajstić information content (AvgIpc) is 3.02. The van der Waals surface area contributed by atoms with Gasteiger partial charge in [0, 0.05) is 17.7 Å². The number of carbonyl (C=O) groups excluding carboxylic acids is 1. The molecule has 0 saturated carbocycles. The Bertz CT molecular complexity index is 1410. The number of Topliss-reactive ketones (excluding diaryl/α,β-unsaturated/α-hetero) is 1. The molecule has 5 aromatic rings. The summed E-state index contributed by atoms with van der Waals surface area (Å²) in [5.41, 5.74) is 9.09. The van der Waals surface area contributed by atoms with E-state index in [1.54, 1.807) is 0 Å². The summed E-state index contributed by atoms with van der Waals surface area (Å²) in [5.74, 6) is 0.206. The summed E-state index contributed by atoms with van der Waals surface area (Å²) in [6.07, 6.45) is 6.39. The molecule has 0 saturated heterocycles. The number of benzene rings is 4. The lowest BCUT2D eigenvalue weighted by Crippen LogP contribution is -2.15. The molecule has 1 aromatic heterocycles. The molecule has 0 spiro atoms. The maximum atomic E-state index is 13.9. The largest absolute Gasteiger partial charge is 0.294 e. The summed E-state index contributed by atoms with van der Waals surface area (Å²) < 4.78 is 0. The first-order chi connectivity index (χ1) is 19.7. The van der Waals surface area contributed by atoms with Gasteiger partial charge < -0.3 is 0 Å². The first-order valence-corrected chi connectivity index (χ1v) is 14.4. The molecule has 0 radical (unpaired) electrons. The molecule has 5 rings (SSSR count). The SMILES string of the molecule is O=C(CCc1ccccc1)c1c(CCc2ccccc2)cc(CCc2ccccc2)nc1CCc1ccccc1. The second-order valence-electron chi connectivity index (χ2n) is 10.5. The van der Waals surface area contributed by atoms with Crippen LogP contribution in [0.15, 0.2) is 127 Å². The molecular weight excluding hydrogens is 486 g/mol. The number of pyridine rings is 1. The highest BCUT2D eigenvalue weighted by Crippen LogP contribution is 2.23. The number of aromatic nitrogens is 1. The van der Waals surface area contributed by atoms with Crippen molar-refractivity contribution < 1.29 is 4.79 Å². The van der Waals surface area contributed by atoms with Gasteiger partial charge in [0.1, 0.15) is 0 Å². The van der Waals surface area contributed by atoms with Gasteiger partial charge in [0.25, 0.3) is 0 Å². The fraction of sp³-hybridized carbons (Fsp3) is 0.211. The molecule has 200 valence electrons. The number of aryl methyl sites for hydroxylation is 7. The Balaban J connectivity index is 1.47. The van der Waals surface area contributed by atoms with E-state index in [-0.39, 0.29) is 5.78 Å². The topological polar surface area (TPSA) is 30.0 Å². The minimum Gasteiger partial charge on any atom is -0.294 e. The second-order valence-corrected chi connectivity index (χ2v) is 10.5. The van der Waals surface area contributed by atoms with Crippen LogP contribution in [0, 0.1) is 0 Å². The average molecular weight is 524 g/mol. The maximum Gasteiger partial charge on any atom is 0.165 e. The summed E-state index contributed by atoms with van der Waals surface area (Å²) in [7, 11) is 0. The molecule has 0 unspecified atom stereocenters. The Hall–Kier alpha value is -4.30. The number of rotatable bonds is 13. The molecule has 2 heteroatoms. The summed E-state index contributed by atoms with van der Waals surface area (Å²) in [6, 6.07) is 44.2. The molecule has 0 amide bonds. The van der Waals surface area contributed by atoms with Gasteiger partial charge in [0.15, 0.2) is 5.78 Å². The summed E-state index contributed by atoms with van der Waals surface area (Å²) >= 11 is 0. The van der Waals surface area contributed by atoms with Crippen LogP contribution in [0.4, 0.5) is 0 Å². The Morgan fingerprint density at radius 2 is 0.900 bits per heavy atom. The molecule has 0 fully saturated rings. The van der Waals surface area contributed by atoms with Crippen molar-refractivity contribution in [2.75, 3.05) is 0 Å². The molecular formula is C38H37NO. The van der Waals surface area contributed by atoms with E-state index in [0.29, 0.717) is 6.42 Å². The molecule has 0 N–H and O–H groups in total. The summed E-state index contributed by atoms with van der Waals surface area (Å²) in [5, 5.41) is 0. The lowest BCUT2D eigenvalue weighted by molar-refractivity contribution is 0.0980. The molecule has 2 nitrogen and oxygen atoms in total. The Morgan fingerprint density at radius 3 is 1.40 bits per heavy atom. The third-order valence-corrected chi connectivity index (χ3v) is 7.52. The molecule has 0 aliphatic carbocycles. The zero-order valence-corrected chi connectivity index (χ0v) is 23.1. The summed E-state index contributed by atoms with van der Waals surface area (Å²) in [4.78, 5) is 19.1. The first kappa shape index (κ1) is 27.3. The maximum absolute atomic E-state index is 13.9. The number of ketones is 1. The van der Waals surface area contributed by atoms with Crippen molar-refractivity contribution in [2.24, 2.45) is 0 Å². The van der Waals surface area contributed by atoms with Crippen LogP contribution in [0.3, 0.4) is 0 Å². The van der Waals surface area contributed by atoms with Crippen LogP contribution in [-0.2, 0) is 44.9 Å². The van der Waals surface area contributed by atoms with E-state index >= 15 is 0 Å². The fourth-order valence-electron chi connectivity index (χ4n) is 5.34. The minimum absolute atomic E-state index is 0.206. The van der Waals surface area contributed by atoms with Crippen LogP contribution in [0.1, 0.15) is 56.0 Å². The third-order valence-electron chi connectivity index (χ3n) is 7.52. The van der Waals surface area contributed by atoms with E-state index < -0.39 is 0 Å². The van der Waals surface area contributed by atoms with Gasteiger partial charge >= 0.3 is 0 Å². The van der Waals surface area contributed by atoms with E-state index in [0.717, 1.165) is 67.5 Å². The lowest BCUT2D eigenvalue weighted by Gasteiger charge is -2.17. The van der Waals surface area contributed by atoms with Gasteiger partial charge in [-0.1, -0.05) is 121 Å². The van der Waals surface area contributed by atoms with Crippen molar-refractivity contribution in [3.8, 4) is 0 Å². The van der Waals surface area contributed by atoms with Crippen molar-refractivity contribution in [1.82, 2.24) is 4.98 Å². The molecule has 0 aliphatic rings. The monoisotopic (exact) mass is 523 g/mol. The van der Waals surface area contributed by atoms with Crippen molar-refractivity contribution in [3.63, 3.8) is 0 Å². The van der Waals surface area contributed by atoms with E-state index in [1.807, 2.05) is 24.3 Å². The molecule has 0 atom stereocenters. The van der Waals surface area contributed by atoms with Gasteiger partial charge in [0.2, 0.25) is 0 Å². The van der Waals surface area contributed by atoms with Crippen LogP contribution in [0.5, 0.6) is 0 Å². The number of hydrogen-bond acceptors (Lipinski definition) is 2. The van der Waals surface area contributed by atoms with Crippen LogP contribution < -0.4 is 0 Å². The first-order valence-electron chi connectivity index (χ1n) is 14.4. The van der Waals surface area contributed by atoms with E-state index in [1.165, 1.54) is 22.3 Å². The predicted octanol–water partition coefficient (Wildman–Crippen LogP) is 8.25. The normalized spacial score (nSPS) is 10.9. The zero-order valence-electron chi connectivity index (χ0n) is 23.1. The Morgan fingerprint density at radius 1 is 0.475 bits per heavy atom. The molecule has 4 aromatic carbocycles. The van der Waals surface area contributed by atoms with Crippen molar-refractivity contribution in [3.05, 3.63) is 172 Å². The standard InChI is InChI=1S/C38H37NO/c40-37(28-24-33-19-11-4-12-20-33)38-34(25-21-30-13-5-1-6-14-30)29-35(26-22-31-15-7-2-8-16-31)39-36(38)27-23-32-17-9-3-10-18-32/h1-20,29H,21-28H2. The minimum atomic E-state index is 0.206. The van der Waals surface area contributed by atoms with E-state index in [9.17, 15) is 4.79 Å². The smallest absolute Gasteiger partial charge is 0.165 e. The summed E-state index contributed by atoms with van der Waals surface area (Å²) in [6.45, 7) is 0. The lowest BCUT2D eigenvalue weighted by atomic mass is 9.90. The Kier molecular flexibility index (Phi) is 9.68. The van der Waals surface area contributed by atoms with Gasteiger partial charge in [-0.15, -0.1) is 0 Å². The van der Waals surface area contributed by atoms with E-state index in [2.05, 4.69) is 103 Å². The van der Waals surface area contributed by atoms with Crippen molar-refractivity contribution in [2.45, 2.75) is 51.4 Å². The quantitative estimate of drug-likeness (QED) is 0.145. The van der Waals surface area contributed by atoms with Gasteiger partial charge in [-0.3, -0.25) is 9.78 Å². The molecule has 1 heterocycles. The molecule has 40 heavy (non-hydrogen) atoms. The number of carbonyl (C=O) groups is 1. The fourth-order valence-corrected chi connectivity index (χ4v) is 5.34. The number of hydrogen-bond donors (Lipinski definition) is 0. The van der Waals surface area contributed by atoms with Crippen molar-refractivity contribution in [1.29, 1.82) is 0 Å². The highest BCUT2D eigenvalue weighted by molar-refractivity contribution is 5.98. The van der Waals surface area contributed by atoms with Gasteiger partial charge in [-0.2, -0.15) is 0 Å². The van der Waals surface area contributed by atoms with Crippen LogP contribution in [0.25, 0.3) is 0 Å². The number of nitrogens with zero attached hydrogens (tertiary/aromatic N) is 1. The van der Waals surface area contributed by atoms with Crippen LogP contribution in [-0.4, -0.2) is 10.8 Å². The molecule has 0 bridgehead atoms. The highest BCUT2D eigenvalue weighted by Gasteiger charge is 2.20. The zero-order chi connectivity index (χ0) is 27.4. The van der Waals surface area contributed by atoms with Gasteiger partial charge in [0.05, 0.1) is 5.69 Å². The third kappa shape index (κ3) is 7.86. The van der Waals surface area contributed by atoms with E-state index in [4.69, 9.17) is 4.98 Å². The molecule has 0 aliphatic heterocycles. The van der Waals surface area contributed by atoms with Gasteiger partial charge in [-0.25, -0.2) is 0 Å². The second kappa shape index (κ2) is 14.2. The van der Waals surface area contributed by atoms with Crippen LogP contribution >= 0.6 is 0 Å². The highest BCUT2D eigenvalue weighted by atomic mass is 16.1. The van der Waals surface area contributed by atoms with Gasteiger partial charge in [-0.05, 0) is 78.8 Å². The van der Waals surface area contributed by atoms with Crippen molar-refractivity contribution >= 4 is 5.78 Å². The Labute approximate surface area is 238 Å². The predicted molar refractivity (Wildman–Crippen MR) is 165 cm³/mol. The van der Waals surface area contributed by atoms with Crippen LogP contribution in [0.2, 0.25) is 0 Å².